The summed E-state index contributed by atoms with van der Waals surface area (Å²) >= 11 is 0. The van der Waals surface area contributed by atoms with E-state index in [0.717, 1.165) is 12.1 Å². The third-order valence-corrected chi connectivity index (χ3v) is 3.89. The van der Waals surface area contributed by atoms with Crippen LogP contribution in [0.15, 0.2) is 24.3 Å². The van der Waals surface area contributed by atoms with Crippen LogP contribution in [0.2, 0.25) is 0 Å². The molecule has 3 unspecified atom stereocenters. The second-order valence-electron chi connectivity index (χ2n) is 5.18. The third kappa shape index (κ3) is 2.10. The highest BCUT2D eigenvalue weighted by Crippen LogP contribution is 2.45. The number of hydrogen-bond donors (Lipinski definition) is 1. The smallest absolute Gasteiger partial charge is 0.338 e. The van der Waals surface area contributed by atoms with Crippen LogP contribution in [-0.2, 0) is 17.5 Å². The van der Waals surface area contributed by atoms with Gasteiger partial charge in [0.1, 0.15) is 0 Å². The Balaban J connectivity index is 1.73. The van der Waals surface area contributed by atoms with Gasteiger partial charge in [0.15, 0.2) is 0 Å². The summed E-state index contributed by atoms with van der Waals surface area (Å²) in [7, 11) is 0. The first-order chi connectivity index (χ1) is 8.88. The Kier molecular flexibility index (Phi) is 2.60. The van der Waals surface area contributed by atoms with Gasteiger partial charge in [0.25, 0.3) is 0 Å². The van der Waals surface area contributed by atoms with Crippen LogP contribution in [0.5, 0.6) is 0 Å². The lowest BCUT2D eigenvalue weighted by Gasteiger charge is -2.20. The largest absolute Gasteiger partial charge is 0.416 e. The van der Waals surface area contributed by atoms with Crippen molar-refractivity contribution in [3.63, 3.8) is 0 Å². The fourth-order valence-electron chi connectivity index (χ4n) is 2.75. The number of nitrogens with two attached hydrogens (primary N) is 1. The van der Waals surface area contributed by atoms with E-state index in [1.54, 1.807) is 11.0 Å². The summed E-state index contributed by atoms with van der Waals surface area (Å²) < 4.78 is 37.7. The fourth-order valence-corrected chi connectivity index (χ4v) is 2.75. The van der Waals surface area contributed by atoms with E-state index in [0.29, 0.717) is 12.1 Å². The minimum absolute atomic E-state index is 0.0325. The molecule has 2 N–H and O–H groups in total. The minimum Gasteiger partial charge on any atom is -0.338 e. The predicted molar refractivity (Wildman–Crippen MR) is 61.8 cm³/mol. The van der Waals surface area contributed by atoms with Gasteiger partial charge in [-0.25, -0.2) is 0 Å². The summed E-state index contributed by atoms with van der Waals surface area (Å²) in [4.78, 5) is 13.5. The van der Waals surface area contributed by atoms with E-state index in [1.807, 2.05) is 0 Å². The Morgan fingerprint density at radius 1 is 1.37 bits per heavy atom. The molecule has 0 radical (unpaired) electrons. The first-order valence-electron chi connectivity index (χ1n) is 6.08. The lowest BCUT2D eigenvalue weighted by molar-refractivity contribution is -0.137. The summed E-state index contributed by atoms with van der Waals surface area (Å²) in [5.41, 5.74) is 5.52. The van der Waals surface area contributed by atoms with E-state index < -0.39 is 11.7 Å². The van der Waals surface area contributed by atoms with E-state index in [1.165, 1.54) is 6.07 Å². The molecule has 0 bridgehead atoms. The molecule has 2 aliphatic rings. The van der Waals surface area contributed by atoms with E-state index in [2.05, 4.69) is 0 Å². The Hall–Kier alpha value is -1.56. The van der Waals surface area contributed by atoms with Crippen LogP contribution in [0.4, 0.5) is 13.2 Å². The van der Waals surface area contributed by atoms with Crippen LogP contribution >= 0.6 is 0 Å². The van der Waals surface area contributed by atoms with E-state index in [4.69, 9.17) is 5.73 Å². The van der Waals surface area contributed by atoms with E-state index in [9.17, 15) is 18.0 Å². The maximum absolute atomic E-state index is 12.6. The molecular formula is C13H13F3N2O. The zero-order chi connectivity index (χ0) is 13.8. The summed E-state index contributed by atoms with van der Waals surface area (Å²) in [5, 5.41) is 0. The molecule has 1 heterocycles. The number of halogens is 3. The first-order valence-corrected chi connectivity index (χ1v) is 6.08. The van der Waals surface area contributed by atoms with Gasteiger partial charge in [-0.15, -0.1) is 0 Å². The van der Waals surface area contributed by atoms with Crippen molar-refractivity contribution in [3.05, 3.63) is 35.4 Å². The second-order valence-corrected chi connectivity index (χ2v) is 5.18. The number of alkyl halides is 3. The Labute approximate surface area is 108 Å². The number of amides is 1. The topological polar surface area (TPSA) is 46.3 Å². The number of carbonyl (C=O) groups excluding carboxylic acids is 1. The molecule has 1 aliphatic carbocycles. The van der Waals surface area contributed by atoms with Crippen LogP contribution < -0.4 is 5.73 Å². The zero-order valence-electron chi connectivity index (χ0n) is 10.0. The summed E-state index contributed by atoms with van der Waals surface area (Å²) in [5.74, 6) is 0.0546. The van der Waals surface area contributed by atoms with Gasteiger partial charge < -0.3 is 10.6 Å². The molecule has 3 rings (SSSR count). The van der Waals surface area contributed by atoms with Crippen LogP contribution in [0.3, 0.4) is 0 Å². The number of piperidine rings is 1. The normalized spacial score (nSPS) is 29.6. The molecule has 0 aromatic heterocycles. The minimum atomic E-state index is -4.35. The summed E-state index contributed by atoms with van der Waals surface area (Å²) in [6, 6.07) is 5.04. The molecule has 2 fully saturated rings. The molecule has 1 aliphatic heterocycles. The number of hydrogen-bond acceptors (Lipinski definition) is 2. The molecule has 6 heteroatoms. The van der Waals surface area contributed by atoms with Gasteiger partial charge in [-0.2, -0.15) is 13.2 Å². The van der Waals surface area contributed by atoms with Gasteiger partial charge in [0.2, 0.25) is 5.91 Å². The van der Waals surface area contributed by atoms with Gasteiger partial charge >= 0.3 is 6.18 Å². The van der Waals surface area contributed by atoms with Crippen molar-refractivity contribution >= 4 is 5.91 Å². The van der Waals surface area contributed by atoms with Gasteiger partial charge in [0, 0.05) is 25.0 Å². The summed E-state index contributed by atoms with van der Waals surface area (Å²) in [6.07, 6.45) is -4.35. The second kappa shape index (κ2) is 3.96. The number of rotatable bonds is 2. The lowest BCUT2D eigenvalue weighted by Crippen LogP contribution is -2.32. The van der Waals surface area contributed by atoms with E-state index in [-0.39, 0.29) is 30.3 Å². The maximum atomic E-state index is 12.6. The van der Waals surface area contributed by atoms with Crippen molar-refractivity contribution in [2.45, 2.75) is 18.8 Å². The van der Waals surface area contributed by atoms with E-state index >= 15 is 0 Å². The SMILES string of the molecule is NC1C2CN(Cc3cccc(C(F)(F)F)c3)C(=O)C12. The van der Waals surface area contributed by atoms with Crippen molar-refractivity contribution in [1.82, 2.24) is 4.90 Å². The number of likely N-dealkylation sites (tertiary alicyclic amines) is 1. The van der Waals surface area contributed by atoms with Gasteiger partial charge in [0.05, 0.1) is 11.5 Å². The maximum Gasteiger partial charge on any atom is 0.416 e. The van der Waals surface area contributed by atoms with Gasteiger partial charge in [-0.05, 0) is 17.7 Å². The molecule has 3 nitrogen and oxygen atoms in total. The Morgan fingerprint density at radius 2 is 2.11 bits per heavy atom. The predicted octanol–water partition coefficient (Wildman–Crippen LogP) is 1.62. The number of nitrogens with zero attached hydrogens (tertiary/aromatic N) is 1. The van der Waals surface area contributed by atoms with Gasteiger partial charge in [-0.3, -0.25) is 4.79 Å². The number of fused-ring (bicyclic) bond motifs is 1. The lowest BCUT2D eigenvalue weighted by atomic mass is 10.1. The molecule has 102 valence electrons. The number of benzene rings is 1. The molecule has 3 atom stereocenters. The van der Waals surface area contributed by atoms with Crippen LogP contribution in [0.25, 0.3) is 0 Å². The summed E-state index contributed by atoms with van der Waals surface area (Å²) in [6.45, 7) is 0.781. The monoisotopic (exact) mass is 270 g/mol. The average Bonchev–Trinajstić information content (AvgIpc) is 2.83. The third-order valence-electron chi connectivity index (χ3n) is 3.89. The number of carbonyl (C=O) groups is 1. The van der Waals surface area contributed by atoms with Crippen LogP contribution in [0.1, 0.15) is 11.1 Å². The highest BCUT2D eigenvalue weighted by molar-refractivity contribution is 5.86. The Bertz CT molecular complexity index is 529. The molecule has 0 spiro atoms. The molecule has 1 saturated carbocycles. The van der Waals surface area contributed by atoms with Gasteiger partial charge in [-0.1, -0.05) is 12.1 Å². The van der Waals surface area contributed by atoms with Crippen molar-refractivity contribution < 1.29 is 18.0 Å². The van der Waals surface area contributed by atoms with Crippen molar-refractivity contribution in [2.75, 3.05) is 6.54 Å². The molecular weight excluding hydrogens is 257 g/mol. The first kappa shape index (κ1) is 12.5. The van der Waals surface area contributed by atoms with Crippen LogP contribution in [-0.4, -0.2) is 23.4 Å². The van der Waals surface area contributed by atoms with Crippen LogP contribution in [0, 0.1) is 11.8 Å². The highest BCUT2D eigenvalue weighted by Gasteiger charge is 2.59. The highest BCUT2D eigenvalue weighted by atomic mass is 19.4. The Morgan fingerprint density at radius 3 is 2.68 bits per heavy atom. The van der Waals surface area contributed by atoms with Crippen molar-refractivity contribution in [1.29, 1.82) is 0 Å². The zero-order valence-corrected chi connectivity index (χ0v) is 10.0. The molecule has 1 aromatic carbocycles. The molecule has 1 amide bonds. The molecule has 19 heavy (non-hydrogen) atoms. The van der Waals surface area contributed by atoms with Crippen molar-refractivity contribution in [3.8, 4) is 0 Å². The average molecular weight is 270 g/mol. The van der Waals surface area contributed by atoms with Crippen molar-refractivity contribution in [2.24, 2.45) is 17.6 Å². The fraction of sp³-hybridized carbons (Fsp3) is 0.462. The molecule has 1 saturated heterocycles. The molecule has 1 aromatic rings. The quantitative estimate of drug-likeness (QED) is 0.887. The standard InChI is InChI=1S/C13H13F3N2O/c14-13(15,16)8-3-1-2-7(4-8)5-18-6-9-10(11(9)17)12(18)19/h1-4,9-11H,5-6,17H2.